The van der Waals surface area contributed by atoms with Gasteiger partial charge in [-0.05, 0) is 29.8 Å². The largest absolute Gasteiger partial charge is 0.470 e. The number of hydrogen-bond acceptors (Lipinski definition) is 5. The minimum absolute atomic E-state index is 0.0331. The Labute approximate surface area is 164 Å². The molecule has 3 aromatic rings. The maximum absolute atomic E-state index is 12.9. The molecule has 0 saturated carbocycles. The van der Waals surface area contributed by atoms with Gasteiger partial charge in [-0.2, -0.15) is 13.2 Å². The van der Waals surface area contributed by atoms with Crippen LogP contribution in [0.2, 0.25) is 0 Å². The quantitative estimate of drug-likeness (QED) is 0.707. The lowest BCUT2D eigenvalue weighted by Crippen LogP contribution is -2.52. The molecule has 1 fully saturated rings. The van der Waals surface area contributed by atoms with E-state index in [1.54, 1.807) is 29.2 Å². The van der Waals surface area contributed by atoms with Crippen molar-refractivity contribution in [1.29, 1.82) is 0 Å². The molecule has 1 aliphatic heterocycles. The highest BCUT2D eigenvalue weighted by molar-refractivity contribution is 5.95. The van der Waals surface area contributed by atoms with Crippen molar-refractivity contribution in [3.63, 3.8) is 0 Å². The summed E-state index contributed by atoms with van der Waals surface area (Å²) in [4.78, 5) is 14.6. The van der Waals surface area contributed by atoms with Crippen molar-refractivity contribution < 1.29 is 22.4 Å². The van der Waals surface area contributed by atoms with Crippen molar-refractivity contribution in [3.8, 4) is 11.5 Å². The first kappa shape index (κ1) is 19.1. The normalized spacial score (nSPS) is 14.4. The predicted octanol–water partition coefficient (Wildman–Crippen LogP) is 3.51. The SMILES string of the molecule is O=C(C1CNC1)N(Cc1ccc(-c2nnc(C(F)(F)F)o2)cc1)c1ccccc1. The van der Waals surface area contributed by atoms with Crippen molar-refractivity contribution in [2.24, 2.45) is 5.92 Å². The lowest BCUT2D eigenvalue weighted by molar-refractivity contribution is -0.156. The molecule has 0 atom stereocenters. The van der Waals surface area contributed by atoms with E-state index < -0.39 is 12.1 Å². The van der Waals surface area contributed by atoms with Crippen LogP contribution in [0.15, 0.2) is 59.0 Å². The standard InChI is InChI=1S/C20H17F3N4O2/c21-20(22,23)19-26-25-17(29-19)14-8-6-13(7-9-14)12-27(16-4-2-1-3-5-16)18(28)15-10-24-11-15/h1-9,15,24H,10-12H2. The maximum Gasteiger partial charge on any atom is 0.470 e. The third-order valence-corrected chi connectivity index (χ3v) is 4.67. The Bertz CT molecular complexity index is 983. The molecule has 6 nitrogen and oxygen atoms in total. The van der Waals surface area contributed by atoms with Crippen LogP contribution in [0.5, 0.6) is 0 Å². The summed E-state index contributed by atoms with van der Waals surface area (Å²) >= 11 is 0. The summed E-state index contributed by atoms with van der Waals surface area (Å²) in [5.74, 6) is -1.62. The molecule has 1 aliphatic rings. The van der Waals surface area contributed by atoms with E-state index in [1.807, 2.05) is 30.3 Å². The van der Waals surface area contributed by atoms with Gasteiger partial charge in [0.15, 0.2) is 0 Å². The number of carbonyl (C=O) groups is 1. The number of amides is 1. The van der Waals surface area contributed by atoms with Crippen LogP contribution in [-0.4, -0.2) is 29.2 Å². The van der Waals surface area contributed by atoms with Gasteiger partial charge in [0, 0.05) is 24.3 Å². The minimum Gasteiger partial charge on any atom is -0.413 e. The fourth-order valence-corrected chi connectivity index (χ4v) is 2.98. The molecule has 1 N–H and O–H groups in total. The summed E-state index contributed by atoms with van der Waals surface area (Å²) in [6, 6.07) is 16.0. The lowest BCUT2D eigenvalue weighted by atomic mass is 10.0. The fourth-order valence-electron chi connectivity index (χ4n) is 2.98. The van der Waals surface area contributed by atoms with E-state index in [4.69, 9.17) is 4.42 Å². The zero-order chi connectivity index (χ0) is 20.4. The first-order chi connectivity index (χ1) is 13.9. The third kappa shape index (κ3) is 4.14. The minimum atomic E-state index is -4.68. The summed E-state index contributed by atoms with van der Waals surface area (Å²) in [6.07, 6.45) is -4.68. The highest BCUT2D eigenvalue weighted by atomic mass is 19.4. The summed E-state index contributed by atoms with van der Waals surface area (Å²) in [6.45, 7) is 1.65. The smallest absolute Gasteiger partial charge is 0.413 e. The molecule has 0 radical (unpaired) electrons. The van der Waals surface area contributed by atoms with Crippen molar-refractivity contribution in [3.05, 3.63) is 66.1 Å². The van der Waals surface area contributed by atoms with E-state index in [-0.39, 0.29) is 17.7 Å². The van der Waals surface area contributed by atoms with Gasteiger partial charge in [-0.1, -0.05) is 30.3 Å². The number of rotatable bonds is 5. The Morgan fingerprint density at radius 3 is 2.31 bits per heavy atom. The van der Waals surface area contributed by atoms with Crippen LogP contribution in [0.25, 0.3) is 11.5 Å². The Morgan fingerprint density at radius 2 is 1.76 bits per heavy atom. The molecule has 1 saturated heterocycles. The Morgan fingerprint density at radius 1 is 1.07 bits per heavy atom. The second kappa shape index (κ2) is 7.67. The highest BCUT2D eigenvalue weighted by Crippen LogP contribution is 2.30. The fraction of sp³-hybridized carbons (Fsp3) is 0.250. The van der Waals surface area contributed by atoms with Crippen LogP contribution >= 0.6 is 0 Å². The molecule has 9 heteroatoms. The number of para-hydroxylation sites is 1. The molecule has 1 aromatic heterocycles. The number of nitrogens with zero attached hydrogens (tertiary/aromatic N) is 3. The molecule has 4 rings (SSSR count). The molecule has 0 unspecified atom stereocenters. The third-order valence-electron chi connectivity index (χ3n) is 4.67. The van der Waals surface area contributed by atoms with Crippen molar-refractivity contribution in [2.75, 3.05) is 18.0 Å². The highest BCUT2D eigenvalue weighted by Gasteiger charge is 2.38. The molecule has 1 amide bonds. The van der Waals surface area contributed by atoms with Crippen LogP contribution < -0.4 is 10.2 Å². The van der Waals surface area contributed by atoms with Crippen LogP contribution in [0, 0.1) is 5.92 Å². The topological polar surface area (TPSA) is 71.3 Å². The zero-order valence-corrected chi connectivity index (χ0v) is 15.2. The van der Waals surface area contributed by atoms with Crippen LogP contribution in [-0.2, 0) is 17.5 Å². The van der Waals surface area contributed by atoms with Crippen LogP contribution in [0.3, 0.4) is 0 Å². The summed E-state index contributed by atoms with van der Waals surface area (Å²) in [5.41, 5.74) is 1.99. The van der Waals surface area contributed by atoms with Crippen molar-refractivity contribution in [2.45, 2.75) is 12.7 Å². The molecular weight excluding hydrogens is 385 g/mol. The van der Waals surface area contributed by atoms with E-state index in [2.05, 4.69) is 15.5 Å². The number of anilines is 1. The maximum atomic E-state index is 12.9. The molecule has 2 aromatic carbocycles. The number of alkyl halides is 3. The van der Waals surface area contributed by atoms with Gasteiger partial charge in [0.2, 0.25) is 11.8 Å². The molecular formula is C20H17F3N4O2. The van der Waals surface area contributed by atoms with Crippen molar-refractivity contribution in [1.82, 2.24) is 15.5 Å². The first-order valence-corrected chi connectivity index (χ1v) is 8.99. The molecule has 29 heavy (non-hydrogen) atoms. The molecule has 0 bridgehead atoms. The first-order valence-electron chi connectivity index (χ1n) is 8.99. The number of benzene rings is 2. The molecule has 0 aliphatic carbocycles. The number of aromatic nitrogens is 2. The molecule has 150 valence electrons. The van der Waals surface area contributed by atoms with E-state index in [0.29, 0.717) is 25.2 Å². The molecule has 0 spiro atoms. The molecule has 2 heterocycles. The zero-order valence-electron chi connectivity index (χ0n) is 15.2. The second-order valence-corrected chi connectivity index (χ2v) is 6.72. The Kier molecular flexibility index (Phi) is 5.06. The monoisotopic (exact) mass is 402 g/mol. The Balaban J connectivity index is 1.54. The van der Waals surface area contributed by atoms with Gasteiger partial charge in [-0.25, -0.2) is 0 Å². The van der Waals surface area contributed by atoms with E-state index in [0.717, 1.165) is 11.3 Å². The number of hydrogen-bond donors (Lipinski definition) is 1. The summed E-state index contributed by atoms with van der Waals surface area (Å²) in [7, 11) is 0. The van der Waals surface area contributed by atoms with E-state index in [1.165, 1.54) is 0 Å². The van der Waals surface area contributed by atoms with E-state index >= 15 is 0 Å². The summed E-state index contributed by atoms with van der Waals surface area (Å²) < 4.78 is 42.6. The average Bonchev–Trinajstić information content (AvgIpc) is 3.16. The average molecular weight is 402 g/mol. The van der Waals surface area contributed by atoms with Gasteiger partial charge in [0.05, 0.1) is 12.5 Å². The summed E-state index contributed by atoms with van der Waals surface area (Å²) in [5, 5.41) is 9.58. The lowest BCUT2D eigenvalue weighted by Gasteiger charge is -2.32. The van der Waals surface area contributed by atoms with Crippen molar-refractivity contribution >= 4 is 11.6 Å². The van der Waals surface area contributed by atoms with Gasteiger partial charge in [-0.3, -0.25) is 4.79 Å². The van der Waals surface area contributed by atoms with Gasteiger partial charge in [-0.15, -0.1) is 10.2 Å². The predicted molar refractivity (Wildman–Crippen MR) is 98.7 cm³/mol. The number of halogens is 3. The number of nitrogens with one attached hydrogen (secondary N) is 1. The Hall–Kier alpha value is -3.20. The van der Waals surface area contributed by atoms with Gasteiger partial charge in [0.25, 0.3) is 0 Å². The number of carbonyl (C=O) groups excluding carboxylic acids is 1. The van der Waals surface area contributed by atoms with Crippen LogP contribution in [0.4, 0.5) is 18.9 Å². The van der Waals surface area contributed by atoms with Gasteiger partial charge in [0.1, 0.15) is 0 Å². The van der Waals surface area contributed by atoms with Gasteiger partial charge >= 0.3 is 12.1 Å². The van der Waals surface area contributed by atoms with Gasteiger partial charge < -0.3 is 14.6 Å². The van der Waals surface area contributed by atoms with E-state index in [9.17, 15) is 18.0 Å². The second-order valence-electron chi connectivity index (χ2n) is 6.72. The van der Waals surface area contributed by atoms with Crippen LogP contribution in [0.1, 0.15) is 11.5 Å².